The Labute approximate surface area is 75.3 Å². The molecule has 0 saturated heterocycles. The molecule has 0 radical (unpaired) electrons. The van der Waals surface area contributed by atoms with E-state index in [1.54, 1.807) is 6.92 Å². The van der Waals surface area contributed by atoms with Gasteiger partial charge in [-0.3, -0.25) is 0 Å². The highest BCUT2D eigenvalue weighted by molar-refractivity contribution is 7.91. The normalized spacial score (nSPS) is 21.1. The molecule has 3 heteroatoms. The zero-order valence-corrected chi connectivity index (χ0v) is 8.57. The van der Waals surface area contributed by atoms with Crippen molar-refractivity contribution in [2.75, 3.05) is 11.5 Å². The van der Waals surface area contributed by atoms with Gasteiger partial charge < -0.3 is 0 Å². The van der Waals surface area contributed by atoms with E-state index < -0.39 is 9.84 Å². The summed E-state index contributed by atoms with van der Waals surface area (Å²) in [7, 11) is -2.72. The average molecular weight is 190 g/mol. The third-order valence-electron chi connectivity index (χ3n) is 2.65. The van der Waals surface area contributed by atoms with Crippen LogP contribution >= 0.6 is 0 Å². The standard InChI is InChI=1S/C9H18O2S/c1-2-12(10,11)8-9-6-4-3-5-7-9/h9H,2-8H2,1H3. The van der Waals surface area contributed by atoms with Crippen LogP contribution in [-0.2, 0) is 9.84 Å². The molecule has 0 N–H and O–H groups in total. The number of hydrogen-bond acceptors (Lipinski definition) is 2. The van der Waals surface area contributed by atoms with Crippen LogP contribution in [0.15, 0.2) is 0 Å². The molecule has 0 aromatic heterocycles. The molecule has 0 spiro atoms. The fourth-order valence-electron chi connectivity index (χ4n) is 1.83. The van der Waals surface area contributed by atoms with Gasteiger partial charge in [0.1, 0.15) is 9.84 Å². The molecule has 1 saturated carbocycles. The lowest BCUT2D eigenvalue weighted by Crippen LogP contribution is -2.19. The summed E-state index contributed by atoms with van der Waals surface area (Å²) in [5.74, 6) is 1.20. The SMILES string of the molecule is CCS(=O)(=O)CC1CCCCC1. The number of sulfone groups is 1. The molecule has 0 atom stereocenters. The third kappa shape index (κ3) is 3.13. The van der Waals surface area contributed by atoms with E-state index in [0.29, 0.717) is 17.4 Å². The monoisotopic (exact) mass is 190 g/mol. The molecule has 0 heterocycles. The van der Waals surface area contributed by atoms with Crippen LogP contribution in [-0.4, -0.2) is 19.9 Å². The molecule has 2 nitrogen and oxygen atoms in total. The lowest BCUT2D eigenvalue weighted by molar-refractivity contribution is 0.385. The van der Waals surface area contributed by atoms with Crippen LogP contribution in [0.3, 0.4) is 0 Å². The highest BCUT2D eigenvalue weighted by Crippen LogP contribution is 2.24. The van der Waals surface area contributed by atoms with E-state index in [-0.39, 0.29) is 0 Å². The average Bonchev–Trinajstić information content (AvgIpc) is 2.06. The van der Waals surface area contributed by atoms with Gasteiger partial charge in [-0.05, 0) is 18.8 Å². The van der Waals surface area contributed by atoms with Gasteiger partial charge in [0, 0.05) is 5.75 Å². The summed E-state index contributed by atoms with van der Waals surface area (Å²) in [6.45, 7) is 1.73. The van der Waals surface area contributed by atoms with Crippen LogP contribution < -0.4 is 0 Å². The van der Waals surface area contributed by atoms with Crippen LogP contribution in [0.5, 0.6) is 0 Å². The highest BCUT2D eigenvalue weighted by Gasteiger charge is 2.19. The second-order valence-electron chi connectivity index (χ2n) is 3.70. The van der Waals surface area contributed by atoms with Gasteiger partial charge in [-0.15, -0.1) is 0 Å². The van der Waals surface area contributed by atoms with Crippen molar-refractivity contribution in [1.29, 1.82) is 0 Å². The van der Waals surface area contributed by atoms with Crippen molar-refractivity contribution in [3.63, 3.8) is 0 Å². The van der Waals surface area contributed by atoms with E-state index in [2.05, 4.69) is 0 Å². The first-order valence-corrected chi connectivity index (χ1v) is 6.66. The summed E-state index contributed by atoms with van der Waals surface area (Å²) >= 11 is 0. The maximum Gasteiger partial charge on any atom is 0.150 e. The van der Waals surface area contributed by atoms with Gasteiger partial charge in [0.15, 0.2) is 0 Å². The summed E-state index contributed by atoms with van der Waals surface area (Å²) in [6, 6.07) is 0. The zero-order chi connectivity index (χ0) is 9.03. The zero-order valence-electron chi connectivity index (χ0n) is 7.75. The quantitative estimate of drug-likeness (QED) is 0.682. The fraction of sp³-hybridized carbons (Fsp3) is 1.00. The minimum atomic E-state index is -2.72. The molecule has 0 amide bonds. The van der Waals surface area contributed by atoms with Gasteiger partial charge in [0.05, 0.1) is 5.75 Å². The van der Waals surface area contributed by atoms with Gasteiger partial charge in [-0.25, -0.2) is 8.42 Å². The van der Waals surface area contributed by atoms with Crippen molar-refractivity contribution in [1.82, 2.24) is 0 Å². The Balaban J connectivity index is 2.39. The lowest BCUT2D eigenvalue weighted by Gasteiger charge is -2.20. The third-order valence-corrected chi connectivity index (χ3v) is 4.51. The molecule has 0 unspecified atom stereocenters. The van der Waals surface area contributed by atoms with Gasteiger partial charge in [-0.2, -0.15) is 0 Å². The van der Waals surface area contributed by atoms with Crippen LogP contribution in [0.1, 0.15) is 39.0 Å². The Bertz CT molecular complexity index is 213. The van der Waals surface area contributed by atoms with Crippen molar-refractivity contribution < 1.29 is 8.42 Å². The number of rotatable bonds is 3. The van der Waals surface area contributed by atoms with Crippen LogP contribution in [0.25, 0.3) is 0 Å². The molecule has 0 aromatic rings. The van der Waals surface area contributed by atoms with Crippen molar-refractivity contribution >= 4 is 9.84 Å². The Morgan fingerprint density at radius 1 is 1.17 bits per heavy atom. The molecule has 1 aliphatic rings. The van der Waals surface area contributed by atoms with Gasteiger partial charge in [0.2, 0.25) is 0 Å². The summed E-state index contributed by atoms with van der Waals surface area (Å²) in [6.07, 6.45) is 5.99. The van der Waals surface area contributed by atoms with Crippen molar-refractivity contribution in [3.05, 3.63) is 0 Å². The van der Waals surface area contributed by atoms with Gasteiger partial charge in [-0.1, -0.05) is 26.2 Å². The minimum Gasteiger partial charge on any atom is -0.229 e. The van der Waals surface area contributed by atoms with Crippen LogP contribution in [0.2, 0.25) is 0 Å². The number of hydrogen-bond donors (Lipinski definition) is 0. The minimum absolute atomic E-state index is 0.309. The smallest absolute Gasteiger partial charge is 0.150 e. The van der Waals surface area contributed by atoms with E-state index in [0.717, 1.165) is 12.8 Å². The second kappa shape index (κ2) is 4.26. The first-order valence-electron chi connectivity index (χ1n) is 4.84. The molecule has 1 fully saturated rings. The Morgan fingerprint density at radius 3 is 2.25 bits per heavy atom. The molecule has 0 aromatic carbocycles. The van der Waals surface area contributed by atoms with Crippen molar-refractivity contribution in [3.8, 4) is 0 Å². The largest absolute Gasteiger partial charge is 0.229 e. The molecule has 0 bridgehead atoms. The van der Waals surface area contributed by atoms with E-state index in [9.17, 15) is 8.42 Å². The molecule has 1 rings (SSSR count). The van der Waals surface area contributed by atoms with Crippen LogP contribution in [0, 0.1) is 5.92 Å². The maximum atomic E-state index is 11.3. The first kappa shape index (κ1) is 10.0. The van der Waals surface area contributed by atoms with Gasteiger partial charge >= 0.3 is 0 Å². The summed E-state index contributed by atoms with van der Waals surface area (Å²) < 4.78 is 22.5. The topological polar surface area (TPSA) is 34.1 Å². The molecule has 1 aliphatic carbocycles. The van der Waals surface area contributed by atoms with Crippen molar-refractivity contribution in [2.45, 2.75) is 39.0 Å². The molecule has 0 aliphatic heterocycles. The van der Waals surface area contributed by atoms with Gasteiger partial charge in [0.25, 0.3) is 0 Å². The van der Waals surface area contributed by atoms with Crippen LogP contribution in [0.4, 0.5) is 0 Å². The predicted molar refractivity (Wildman–Crippen MR) is 50.9 cm³/mol. The predicted octanol–water partition coefficient (Wildman–Crippen LogP) is 2.00. The Hall–Kier alpha value is -0.0500. The summed E-state index contributed by atoms with van der Waals surface area (Å²) in [4.78, 5) is 0. The Morgan fingerprint density at radius 2 is 1.75 bits per heavy atom. The summed E-state index contributed by atoms with van der Waals surface area (Å²) in [5.41, 5.74) is 0. The molecular weight excluding hydrogens is 172 g/mol. The molecule has 12 heavy (non-hydrogen) atoms. The molecular formula is C9H18O2S. The Kier molecular flexibility index (Phi) is 3.56. The summed E-state index contributed by atoms with van der Waals surface area (Å²) in [5, 5.41) is 0. The van der Waals surface area contributed by atoms with E-state index in [1.807, 2.05) is 0 Å². The van der Waals surface area contributed by atoms with E-state index in [1.165, 1.54) is 19.3 Å². The van der Waals surface area contributed by atoms with Crippen molar-refractivity contribution in [2.24, 2.45) is 5.92 Å². The van der Waals surface area contributed by atoms with E-state index in [4.69, 9.17) is 0 Å². The fourth-order valence-corrected chi connectivity index (χ4v) is 3.12. The van der Waals surface area contributed by atoms with E-state index >= 15 is 0 Å². The maximum absolute atomic E-state index is 11.3. The highest BCUT2D eigenvalue weighted by atomic mass is 32.2. The molecule has 72 valence electrons. The first-order chi connectivity index (χ1) is 5.64. The second-order valence-corrected chi connectivity index (χ2v) is 6.10. The lowest BCUT2D eigenvalue weighted by atomic mass is 9.91.